The van der Waals surface area contributed by atoms with Crippen LogP contribution in [0.1, 0.15) is 21.5 Å². The molecule has 1 aliphatic rings. The smallest absolute Gasteiger partial charge is 0.261 e. The highest BCUT2D eigenvalue weighted by molar-refractivity contribution is 6.09. The number of rotatable bonds is 2. The van der Waals surface area contributed by atoms with E-state index in [0.29, 0.717) is 11.1 Å². The molecule has 2 aromatic rings. The number of nitrogen functional groups attached to an aromatic ring is 1. The lowest BCUT2D eigenvalue weighted by atomic mass is 9.98. The van der Waals surface area contributed by atoms with Gasteiger partial charge in [0.1, 0.15) is 0 Å². The van der Waals surface area contributed by atoms with Gasteiger partial charge in [0, 0.05) is 11.1 Å². The van der Waals surface area contributed by atoms with Crippen molar-refractivity contribution in [2.24, 2.45) is 0 Å². The molecule has 1 aliphatic heterocycles. The number of nitrogens with two attached hydrogens (primary N) is 1. The highest BCUT2D eigenvalue weighted by Crippen LogP contribution is 2.23. The molecular weight excluding hydrogens is 271 g/mol. The van der Waals surface area contributed by atoms with E-state index in [4.69, 9.17) is 5.73 Å². The molecule has 0 aliphatic carbocycles. The second kappa shape index (κ2) is 5.01. The zero-order valence-corrected chi connectivity index (χ0v) is 11.2. The molecule has 2 amide bonds. The van der Waals surface area contributed by atoms with Crippen LogP contribution in [0, 0.1) is 5.82 Å². The van der Waals surface area contributed by atoms with Crippen LogP contribution in [0.4, 0.5) is 10.1 Å². The number of hydrogen-bond acceptors (Lipinski definition) is 3. The maximum absolute atomic E-state index is 13.9. The summed E-state index contributed by atoms with van der Waals surface area (Å²) in [7, 11) is 0. The second-order valence-corrected chi connectivity index (χ2v) is 4.94. The molecule has 1 heterocycles. The lowest BCUT2D eigenvalue weighted by molar-refractivity contribution is -0.128. The molecule has 2 aromatic carbocycles. The third-order valence-electron chi connectivity index (χ3n) is 3.57. The van der Waals surface area contributed by atoms with Crippen LogP contribution in [0.3, 0.4) is 0 Å². The normalized spacial score (nSPS) is 14.2. The molecule has 0 bridgehead atoms. The predicted octanol–water partition coefficient (Wildman–Crippen LogP) is 2.13. The molecule has 0 fully saturated rings. The van der Waals surface area contributed by atoms with E-state index in [2.05, 4.69) is 0 Å². The largest absolute Gasteiger partial charge is 0.396 e. The van der Waals surface area contributed by atoms with E-state index < -0.39 is 11.7 Å². The summed E-state index contributed by atoms with van der Waals surface area (Å²) in [6.07, 6.45) is 0.145. The number of carbonyl (C=O) groups is 2. The Morgan fingerprint density at radius 1 is 1.10 bits per heavy atom. The Labute approximate surface area is 121 Å². The quantitative estimate of drug-likeness (QED) is 0.678. The van der Waals surface area contributed by atoms with Gasteiger partial charge in [0.2, 0.25) is 5.91 Å². The topological polar surface area (TPSA) is 63.4 Å². The summed E-state index contributed by atoms with van der Waals surface area (Å²) in [5, 5.41) is 0. The van der Waals surface area contributed by atoms with Gasteiger partial charge < -0.3 is 5.73 Å². The molecule has 2 N–H and O–H groups in total. The fourth-order valence-corrected chi connectivity index (χ4v) is 2.45. The number of amides is 2. The zero-order chi connectivity index (χ0) is 15.0. The van der Waals surface area contributed by atoms with Crippen molar-refractivity contribution in [1.29, 1.82) is 0 Å². The number of fused-ring (bicyclic) bond motifs is 1. The van der Waals surface area contributed by atoms with E-state index in [-0.39, 0.29) is 30.1 Å². The zero-order valence-electron chi connectivity index (χ0n) is 11.2. The molecule has 0 saturated carbocycles. The van der Waals surface area contributed by atoms with Crippen LogP contribution in [0.15, 0.2) is 42.5 Å². The van der Waals surface area contributed by atoms with Crippen LogP contribution >= 0.6 is 0 Å². The number of hydrogen-bond donors (Lipinski definition) is 1. The van der Waals surface area contributed by atoms with E-state index in [1.54, 1.807) is 30.3 Å². The summed E-state index contributed by atoms with van der Waals surface area (Å²) < 4.78 is 13.9. The average molecular weight is 284 g/mol. The standard InChI is InChI=1S/C16H13FN2O2/c17-15-11(5-3-7-13(15)18)9-19-14(20)8-10-4-1-2-6-12(10)16(19)21/h1-7H,8-9,18H2. The first-order valence-corrected chi connectivity index (χ1v) is 6.53. The number of benzene rings is 2. The fourth-order valence-electron chi connectivity index (χ4n) is 2.45. The molecule has 4 nitrogen and oxygen atoms in total. The van der Waals surface area contributed by atoms with Crippen molar-refractivity contribution in [3.63, 3.8) is 0 Å². The minimum atomic E-state index is -0.586. The van der Waals surface area contributed by atoms with Gasteiger partial charge in [-0.3, -0.25) is 14.5 Å². The second-order valence-electron chi connectivity index (χ2n) is 4.94. The molecular formula is C16H13FN2O2. The molecule has 0 unspecified atom stereocenters. The van der Waals surface area contributed by atoms with E-state index in [1.165, 1.54) is 12.1 Å². The summed E-state index contributed by atoms with van der Waals surface area (Å²) in [5.74, 6) is -1.32. The van der Waals surface area contributed by atoms with Gasteiger partial charge in [-0.25, -0.2) is 4.39 Å². The number of imide groups is 1. The predicted molar refractivity (Wildman–Crippen MR) is 75.8 cm³/mol. The SMILES string of the molecule is Nc1cccc(CN2C(=O)Cc3ccccc3C2=O)c1F. The van der Waals surface area contributed by atoms with Gasteiger partial charge in [-0.1, -0.05) is 30.3 Å². The van der Waals surface area contributed by atoms with Crippen molar-refractivity contribution >= 4 is 17.5 Å². The Morgan fingerprint density at radius 3 is 2.67 bits per heavy atom. The number of anilines is 1. The third-order valence-corrected chi connectivity index (χ3v) is 3.57. The maximum Gasteiger partial charge on any atom is 0.261 e. The van der Waals surface area contributed by atoms with Crippen LogP contribution in [0.25, 0.3) is 0 Å². The van der Waals surface area contributed by atoms with E-state index in [1.807, 2.05) is 0 Å². The lowest BCUT2D eigenvalue weighted by Gasteiger charge is -2.27. The molecule has 0 aromatic heterocycles. The maximum atomic E-state index is 13.9. The first-order valence-electron chi connectivity index (χ1n) is 6.53. The van der Waals surface area contributed by atoms with Gasteiger partial charge in [-0.15, -0.1) is 0 Å². The summed E-state index contributed by atoms with van der Waals surface area (Å²) in [4.78, 5) is 25.6. The highest BCUT2D eigenvalue weighted by atomic mass is 19.1. The van der Waals surface area contributed by atoms with Gasteiger partial charge in [0.05, 0.1) is 18.7 Å². The fraction of sp³-hybridized carbons (Fsp3) is 0.125. The minimum absolute atomic E-state index is 0.00445. The van der Waals surface area contributed by atoms with Gasteiger partial charge in [0.15, 0.2) is 5.82 Å². The Balaban J connectivity index is 1.95. The van der Waals surface area contributed by atoms with Crippen LogP contribution in [-0.4, -0.2) is 16.7 Å². The van der Waals surface area contributed by atoms with Gasteiger partial charge in [-0.05, 0) is 17.7 Å². The molecule has 5 heteroatoms. The molecule has 106 valence electrons. The molecule has 0 saturated heterocycles. The van der Waals surface area contributed by atoms with Crippen molar-refractivity contribution in [3.05, 3.63) is 65.0 Å². The molecule has 0 radical (unpaired) electrons. The van der Waals surface area contributed by atoms with Gasteiger partial charge >= 0.3 is 0 Å². The molecule has 0 spiro atoms. The number of nitrogens with zero attached hydrogens (tertiary/aromatic N) is 1. The molecule has 3 rings (SSSR count). The first-order chi connectivity index (χ1) is 10.1. The Bertz CT molecular complexity index is 743. The van der Waals surface area contributed by atoms with Gasteiger partial charge in [0.25, 0.3) is 5.91 Å². The van der Waals surface area contributed by atoms with Crippen molar-refractivity contribution < 1.29 is 14.0 Å². The monoisotopic (exact) mass is 284 g/mol. The van der Waals surface area contributed by atoms with Crippen molar-refractivity contribution in [2.75, 3.05) is 5.73 Å². The van der Waals surface area contributed by atoms with Crippen LogP contribution in [-0.2, 0) is 17.8 Å². The summed E-state index contributed by atoms with van der Waals surface area (Å²) in [6.45, 7) is -0.108. The van der Waals surface area contributed by atoms with E-state index >= 15 is 0 Å². The molecule has 0 atom stereocenters. The highest BCUT2D eigenvalue weighted by Gasteiger charge is 2.31. The van der Waals surface area contributed by atoms with Crippen LogP contribution < -0.4 is 5.73 Å². The van der Waals surface area contributed by atoms with Crippen molar-refractivity contribution in [1.82, 2.24) is 4.90 Å². The molecule has 21 heavy (non-hydrogen) atoms. The minimum Gasteiger partial charge on any atom is -0.396 e. The van der Waals surface area contributed by atoms with Crippen molar-refractivity contribution in [3.8, 4) is 0 Å². The summed E-state index contributed by atoms with van der Waals surface area (Å²) in [5.41, 5.74) is 6.94. The van der Waals surface area contributed by atoms with Crippen LogP contribution in [0.2, 0.25) is 0 Å². The third kappa shape index (κ3) is 2.27. The van der Waals surface area contributed by atoms with Crippen molar-refractivity contribution in [2.45, 2.75) is 13.0 Å². The van der Waals surface area contributed by atoms with E-state index in [9.17, 15) is 14.0 Å². The van der Waals surface area contributed by atoms with Crippen LogP contribution in [0.5, 0.6) is 0 Å². The Morgan fingerprint density at radius 2 is 1.86 bits per heavy atom. The summed E-state index contributed by atoms with van der Waals surface area (Å²) >= 11 is 0. The number of halogens is 1. The lowest BCUT2D eigenvalue weighted by Crippen LogP contribution is -2.41. The Hall–Kier alpha value is -2.69. The average Bonchev–Trinajstić information content (AvgIpc) is 2.47. The first kappa shape index (κ1) is 13.3. The number of carbonyl (C=O) groups excluding carboxylic acids is 2. The van der Waals surface area contributed by atoms with E-state index in [0.717, 1.165) is 4.90 Å². The van der Waals surface area contributed by atoms with Gasteiger partial charge in [-0.2, -0.15) is 0 Å². The Kier molecular flexibility index (Phi) is 3.17. The summed E-state index contributed by atoms with van der Waals surface area (Å²) in [6, 6.07) is 11.5.